The number of hydrogen-bond donors (Lipinski definition) is 1. The van der Waals surface area contributed by atoms with E-state index < -0.39 is 0 Å². The molecule has 1 aliphatic rings. The third-order valence-electron chi connectivity index (χ3n) is 3.31. The zero-order valence-corrected chi connectivity index (χ0v) is 12.1. The quantitative estimate of drug-likeness (QED) is 0.909. The fraction of sp³-hybridized carbons (Fsp3) is 0.538. The molecule has 1 N–H and O–H groups in total. The molecular formula is C13H22ClN3O. The number of piperazine rings is 1. The normalized spacial score (nSPS) is 16.1. The summed E-state index contributed by atoms with van der Waals surface area (Å²) in [6.07, 6.45) is 0. The number of hydrogen-bond acceptors (Lipinski definition) is 4. The molecule has 0 unspecified atom stereocenters. The van der Waals surface area contributed by atoms with Crippen molar-refractivity contribution >= 4 is 23.8 Å². The predicted molar refractivity (Wildman–Crippen MR) is 79.5 cm³/mol. The van der Waals surface area contributed by atoms with E-state index in [1.807, 2.05) is 19.2 Å². The van der Waals surface area contributed by atoms with E-state index in [0.717, 1.165) is 37.6 Å². The van der Waals surface area contributed by atoms with Crippen molar-refractivity contribution in [2.75, 3.05) is 57.6 Å². The van der Waals surface area contributed by atoms with Crippen LogP contribution in [0, 0.1) is 0 Å². The van der Waals surface area contributed by atoms with Crippen molar-refractivity contribution in [2.45, 2.75) is 0 Å². The maximum Gasteiger partial charge on any atom is 0.142 e. The summed E-state index contributed by atoms with van der Waals surface area (Å²) in [4.78, 5) is 4.74. The second-order valence-electron chi connectivity index (χ2n) is 4.43. The molecule has 1 saturated heterocycles. The highest BCUT2D eigenvalue weighted by atomic mass is 35.5. The summed E-state index contributed by atoms with van der Waals surface area (Å²) in [5.41, 5.74) is 2.31. The molecule has 1 aromatic rings. The zero-order valence-electron chi connectivity index (χ0n) is 11.3. The molecule has 0 aromatic heterocycles. The summed E-state index contributed by atoms with van der Waals surface area (Å²) in [5.74, 6) is 0.952. The van der Waals surface area contributed by atoms with E-state index in [1.165, 1.54) is 5.69 Å². The Balaban J connectivity index is 0.00000162. The molecule has 1 aliphatic heterocycles. The van der Waals surface area contributed by atoms with Crippen LogP contribution in [0.2, 0.25) is 0 Å². The van der Waals surface area contributed by atoms with E-state index in [1.54, 1.807) is 7.11 Å². The summed E-state index contributed by atoms with van der Waals surface area (Å²) < 4.78 is 5.44. The van der Waals surface area contributed by atoms with E-state index in [4.69, 9.17) is 4.74 Å². The number of anilines is 2. The first-order chi connectivity index (χ1) is 8.24. The van der Waals surface area contributed by atoms with E-state index in [0.29, 0.717) is 0 Å². The monoisotopic (exact) mass is 271 g/mol. The lowest BCUT2D eigenvalue weighted by molar-refractivity contribution is 0.311. The van der Waals surface area contributed by atoms with Crippen LogP contribution in [0.4, 0.5) is 11.4 Å². The molecule has 18 heavy (non-hydrogen) atoms. The SMILES string of the molecule is CNc1ccc(OC)c(N2CCN(C)CC2)c1.Cl. The Morgan fingerprint density at radius 2 is 1.83 bits per heavy atom. The van der Waals surface area contributed by atoms with Gasteiger partial charge in [-0.1, -0.05) is 0 Å². The van der Waals surface area contributed by atoms with Gasteiger partial charge in [0, 0.05) is 38.9 Å². The number of rotatable bonds is 3. The van der Waals surface area contributed by atoms with Gasteiger partial charge in [-0.3, -0.25) is 0 Å². The van der Waals surface area contributed by atoms with Crippen LogP contribution in [0.3, 0.4) is 0 Å². The van der Waals surface area contributed by atoms with E-state index in [-0.39, 0.29) is 12.4 Å². The van der Waals surface area contributed by atoms with Gasteiger partial charge >= 0.3 is 0 Å². The number of methoxy groups -OCH3 is 1. The minimum absolute atomic E-state index is 0. The molecule has 0 radical (unpaired) electrons. The van der Waals surface area contributed by atoms with Gasteiger partial charge < -0.3 is 19.9 Å². The molecule has 4 nitrogen and oxygen atoms in total. The first-order valence-electron chi connectivity index (χ1n) is 6.04. The standard InChI is InChI=1S/C13H21N3O.ClH/c1-14-11-4-5-13(17-3)12(10-11)16-8-6-15(2)7-9-16;/h4-5,10,14H,6-9H2,1-3H3;1H. The van der Waals surface area contributed by atoms with E-state index in [2.05, 4.69) is 28.2 Å². The van der Waals surface area contributed by atoms with Gasteiger partial charge in [-0.15, -0.1) is 12.4 Å². The number of likely N-dealkylation sites (N-methyl/N-ethyl adjacent to an activating group) is 1. The second kappa shape index (κ2) is 6.71. The first-order valence-corrected chi connectivity index (χ1v) is 6.04. The highest BCUT2D eigenvalue weighted by molar-refractivity contribution is 5.85. The molecule has 1 heterocycles. The molecule has 0 spiro atoms. The Morgan fingerprint density at radius 1 is 1.17 bits per heavy atom. The number of benzene rings is 1. The molecule has 0 bridgehead atoms. The third-order valence-corrected chi connectivity index (χ3v) is 3.31. The van der Waals surface area contributed by atoms with Crippen LogP contribution in [-0.2, 0) is 0 Å². The van der Waals surface area contributed by atoms with Gasteiger partial charge in [0.05, 0.1) is 12.8 Å². The third kappa shape index (κ3) is 3.21. The Labute approximate surface area is 115 Å². The Kier molecular flexibility index (Phi) is 5.56. The van der Waals surface area contributed by atoms with Crippen LogP contribution in [0.15, 0.2) is 18.2 Å². The van der Waals surface area contributed by atoms with Gasteiger partial charge in [-0.2, -0.15) is 0 Å². The maximum absolute atomic E-state index is 5.44. The Hall–Kier alpha value is -1.13. The van der Waals surface area contributed by atoms with Crippen molar-refractivity contribution in [3.63, 3.8) is 0 Å². The number of halogens is 1. The van der Waals surface area contributed by atoms with Gasteiger partial charge in [-0.05, 0) is 25.2 Å². The topological polar surface area (TPSA) is 27.7 Å². The molecule has 1 fully saturated rings. The fourth-order valence-electron chi connectivity index (χ4n) is 2.14. The van der Waals surface area contributed by atoms with Crippen molar-refractivity contribution in [1.82, 2.24) is 4.90 Å². The van der Waals surface area contributed by atoms with E-state index >= 15 is 0 Å². The average Bonchev–Trinajstić information content (AvgIpc) is 2.39. The molecule has 1 aromatic carbocycles. The lowest BCUT2D eigenvalue weighted by atomic mass is 10.2. The van der Waals surface area contributed by atoms with Crippen molar-refractivity contribution in [1.29, 1.82) is 0 Å². The summed E-state index contributed by atoms with van der Waals surface area (Å²) in [7, 11) is 5.84. The van der Waals surface area contributed by atoms with E-state index in [9.17, 15) is 0 Å². The number of nitrogens with one attached hydrogen (secondary N) is 1. The summed E-state index contributed by atoms with van der Waals surface area (Å²) in [6.45, 7) is 4.32. The lowest BCUT2D eigenvalue weighted by Gasteiger charge is -2.34. The molecule has 0 amide bonds. The molecule has 0 saturated carbocycles. The molecule has 102 valence electrons. The largest absolute Gasteiger partial charge is 0.495 e. The Morgan fingerprint density at radius 3 is 2.39 bits per heavy atom. The molecule has 5 heteroatoms. The average molecular weight is 272 g/mol. The van der Waals surface area contributed by atoms with Crippen molar-refractivity contribution < 1.29 is 4.74 Å². The zero-order chi connectivity index (χ0) is 12.3. The minimum Gasteiger partial charge on any atom is -0.495 e. The van der Waals surface area contributed by atoms with Gasteiger partial charge in [0.2, 0.25) is 0 Å². The molecule has 0 aliphatic carbocycles. The Bertz CT molecular complexity index is 378. The van der Waals surface area contributed by atoms with Crippen LogP contribution in [0.1, 0.15) is 0 Å². The van der Waals surface area contributed by atoms with Crippen LogP contribution < -0.4 is 15.0 Å². The van der Waals surface area contributed by atoms with Crippen LogP contribution in [-0.4, -0.2) is 52.3 Å². The van der Waals surface area contributed by atoms with Crippen molar-refractivity contribution in [2.24, 2.45) is 0 Å². The number of ether oxygens (including phenoxy) is 1. The maximum atomic E-state index is 5.44. The molecule has 0 atom stereocenters. The first kappa shape index (κ1) is 14.9. The summed E-state index contributed by atoms with van der Waals surface area (Å²) in [6, 6.07) is 6.22. The van der Waals surface area contributed by atoms with Gasteiger partial charge in [0.15, 0.2) is 0 Å². The fourth-order valence-corrected chi connectivity index (χ4v) is 2.14. The lowest BCUT2D eigenvalue weighted by Crippen LogP contribution is -2.44. The van der Waals surface area contributed by atoms with Crippen LogP contribution >= 0.6 is 12.4 Å². The van der Waals surface area contributed by atoms with Gasteiger partial charge in [0.1, 0.15) is 5.75 Å². The van der Waals surface area contributed by atoms with Crippen molar-refractivity contribution in [3.8, 4) is 5.75 Å². The molecular weight excluding hydrogens is 250 g/mol. The summed E-state index contributed by atoms with van der Waals surface area (Å²) in [5, 5.41) is 3.17. The highest BCUT2D eigenvalue weighted by Gasteiger charge is 2.17. The van der Waals surface area contributed by atoms with Crippen molar-refractivity contribution in [3.05, 3.63) is 18.2 Å². The smallest absolute Gasteiger partial charge is 0.142 e. The summed E-state index contributed by atoms with van der Waals surface area (Å²) >= 11 is 0. The second-order valence-corrected chi connectivity index (χ2v) is 4.43. The highest BCUT2D eigenvalue weighted by Crippen LogP contribution is 2.31. The minimum atomic E-state index is 0. The van der Waals surface area contributed by atoms with Gasteiger partial charge in [0.25, 0.3) is 0 Å². The molecule has 2 rings (SSSR count). The van der Waals surface area contributed by atoms with Crippen LogP contribution in [0.5, 0.6) is 5.75 Å². The van der Waals surface area contributed by atoms with Gasteiger partial charge in [-0.25, -0.2) is 0 Å². The predicted octanol–water partition coefficient (Wildman–Crippen LogP) is 1.91. The number of nitrogens with zero attached hydrogens (tertiary/aromatic N) is 2. The van der Waals surface area contributed by atoms with Crippen LogP contribution in [0.25, 0.3) is 0 Å².